The maximum atomic E-state index is 12.4. The predicted molar refractivity (Wildman–Crippen MR) is 86.5 cm³/mol. The number of nitrogens with zero attached hydrogens (tertiary/aromatic N) is 2. The summed E-state index contributed by atoms with van der Waals surface area (Å²) < 4.78 is 39.0. The van der Waals surface area contributed by atoms with Crippen LogP contribution in [0.5, 0.6) is 11.5 Å². The van der Waals surface area contributed by atoms with Crippen molar-refractivity contribution in [2.45, 2.75) is 18.4 Å². The number of sulfonamides is 1. The lowest BCUT2D eigenvalue weighted by Gasteiger charge is -2.10. The van der Waals surface area contributed by atoms with E-state index in [2.05, 4.69) is 9.82 Å². The third kappa shape index (κ3) is 3.60. The molecule has 0 atom stereocenters. The average molecular weight is 360 g/mol. The van der Waals surface area contributed by atoms with Gasteiger partial charge < -0.3 is 9.47 Å². The Bertz CT molecular complexity index is 818. The number of rotatable bonds is 6. The van der Waals surface area contributed by atoms with Crippen molar-refractivity contribution in [2.24, 2.45) is 7.05 Å². The highest BCUT2D eigenvalue weighted by Gasteiger charge is 2.24. The van der Waals surface area contributed by atoms with Gasteiger partial charge in [-0.1, -0.05) is 17.7 Å². The van der Waals surface area contributed by atoms with E-state index in [1.807, 2.05) is 0 Å². The number of hydrogen-bond acceptors (Lipinski definition) is 5. The lowest BCUT2D eigenvalue weighted by atomic mass is 10.2. The molecule has 2 aromatic rings. The fourth-order valence-electron chi connectivity index (χ4n) is 2.16. The summed E-state index contributed by atoms with van der Waals surface area (Å²) >= 11 is 6.01. The minimum absolute atomic E-state index is 0.0119. The van der Waals surface area contributed by atoms with Gasteiger partial charge in [0.2, 0.25) is 10.0 Å². The van der Waals surface area contributed by atoms with Gasteiger partial charge in [0.1, 0.15) is 10.0 Å². The van der Waals surface area contributed by atoms with Crippen LogP contribution in [0.3, 0.4) is 0 Å². The Morgan fingerprint density at radius 1 is 1.26 bits per heavy atom. The van der Waals surface area contributed by atoms with Crippen molar-refractivity contribution in [3.8, 4) is 11.5 Å². The second-order valence-electron chi connectivity index (χ2n) is 4.84. The number of ether oxygens (including phenoxy) is 2. The monoisotopic (exact) mass is 359 g/mol. The molecular weight excluding hydrogens is 342 g/mol. The van der Waals surface area contributed by atoms with Crippen molar-refractivity contribution in [2.75, 3.05) is 14.2 Å². The van der Waals surface area contributed by atoms with Gasteiger partial charge in [-0.3, -0.25) is 4.68 Å². The normalized spacial score (nSPS) is 11.5. The third-order valence-electron chi connectivity index (χ3n) is 3.28. The topological polar surface area (TPSA) is 82.5 Å². The van der Waals surface area contributed by atoms with Crippen LogP contribution in [0, 0.1) is 6.92 Å². The molecule has 0 bridgehead atoms. The van der Waals surface area contributed by atoms with Crippen molar-refractivity contribution in [3.05, 3.63) is 34.6 Å². The minimum atomic E-state index is -3.77. The van der Waals surface area contributed by atoms with Crippen LogP contribution in [0.4, 0.5) is 0 Å². The standard InChI is InChI=1S/C14H18ClN3O4S/c1-9-13(14(15)18(2)17-9)23(19,20)16-8-10-5-6-11(21-3)12(7-10)22-4/h5-7,16H,8H2,1-4H3. The number of halogens is 1. The van der Waals surface area contributed by atoms with Gasteiger partial charge in [-0.05, 0) is 24.6 Å². The second kappa shape index (κ2) is 6.77. The molecule has 1 N–H and O–H groups in total. The van der Waals surface area contributed by atoms with Crippen LogP contribution in [0.15, 0.2) is 23.1 Å². The summed E-state index contributed by atoms with van der Waals surface area (Å²) in [5, 5.41) is 4.08. The smallest absolute Gasteiger partial charge is 0.245 e. The summed E-state index contributed by atoms with van der Waals surface area (Å²) in [4.78, 5) is -0.0119. The first-order valence-electron chi connectivity index (χ1n) is 6.69. The van der Waals surface area contributed by atoms with Gasteiger partial charge in [0.25, 0.3) is 0 Å². The van der Waals surface area contributed by atoms with Gasteiger partial charge in [0.05, 0.1) is 19.9 Å². The predicted octanol–water partition coefficient (Wildman–Crippen LogP) is 1.88. The SMILES string of the molecule is COc1ccc(CNS(=O)(=O)c2c(C)nn(C)c2Cl)cc1OC. The van der Waals surface area contributed by atoms with Crippen LogP contribution < -0.4 is 14.2 Å². The van der Waals surface area contributed by atoms with Gasteiger partial charge in [-0.15, -0.1) is 0 Å². The molecule has 23 heavy (non-hydrogen) atoms. The van der Waals surface area contributed by atoms with Crippen LogP contribution in [-0.2, 0) is 23.6 Å². The molecule has 9 heteroatoms. The lowest BCUT2D eigenvalue weighted by molar-refractivity contribution is 0.354. The van der Waals surface area contributed by atoms with Crippen molar-refractivity contribution in [1.29, 1.82) is 0 Å². The molecule has 0 fully saturated rings. The Balaban J connectivity index is 2.23. The summed E-state index contributed by atoms with van der Waals surface area (Å²) in [6, 6.07) is 5.17. The molecule has 0 aliphatic heterocycles. The van der Waals surface area contributed by atoms with Gasteiger partial charge in [0, 0.05) is 13.6 Å². The number of aryl methyl sites for hydroxylation is 2. The van der Waals surface area contributed by atoms with Crippen LogP contribution in [0.25, 0.3) is 0 Å². The second-order valence-corrected chi connectivity index (χ2v) is 6.90. The molecule has 0 aliphatic rings. The van der Waals surface area contributed by atoms with Gasteiger partial charge >= 0.3 is 0 Å². The van der Waals surface area contributed by atoms with Gasteiger partial charge in [-0.25, -0.2) is 13.1 Å². The van der Waals surface area contributed by atoms with Crippen molar-refractivity contribution in [3.63, 3.8) is 0 Å². The van der Waals surface area contributed by atoms with Crippen molar-refractivity contribution >= 4 is 21.6 Å². The maximum absolute atomic E-state index is 12.4. The Morgan fingerprint density at radius 2 is 1.91 bits per heavy atom. The molecule has 0 spiro atoms. The van der Waals surface area contributed by atoms with E-state index in [-0.39, 0.29) is 16.6 Å². The van der Waals surface area contributed by atoms with E-state index in [4.69, 9.17) is 21.1 Å². The number of nitrogens with one attached hydrogen (secondary N) is 1. The molecule has 1 aromatic heterocycles. The highest BCUT2D eigenvalue weighted by atomic mass is 35.5. The molecule has 0 unspecified atom stereocenters. The van der Waals surface area contributed by atoms with E-state index >= 15 is 0 Å². The van der Waals surface area contributed by atoms with Crippen LogP contribution in [0.1, 0.15) is 11.3 Å². The zero-order valence-electron chi connectivity index (χ0n) is 13.3. The summed E-state index contributed by atoms with van der Waals surface area (Å²) in [5.41, 5.74) is 1.07. The first-order chi connectivity index (χ1) is 10.8. The largest absolute Gasteiger partial charge is 0.493 e. The Labute approximate surface area is 140 Å². The fourth-order valence-corrected chi connectivity index (χ4v) is 3.92. The van der Waals surface area contributed by atoms with Crippen LogP contribution in [0.2, 0.25) is 5.15 Å². The van der Waals surface area contributed by atoms with Gasteiger partial charge in [0.15, 0.2) is 11.5 Å². The molecule has 0 saturated carbocycles. The number of aromatic nitrogens is 2. The van der Waals surface area contributed by atoms with E-state index in [0.29, 0.717) is 17.2 Å². The fraction of sp³-hybridized carbons (Fsp3) is 0.357. The van der Waals surface area contributed by atoms with E-state index in [1.54, 1.807) is 32.2 Å². The molecule has 0 amide bonds. The van der Waals surface area contributed by atoms with Crippen molar-refractivity contribution < 1.29 is 17.9 Å². The third-order valence-corrected chi connectivity index (χ3v) is 5.38. The van der Waals surface area contributed by atoms with Crippen LogP contribution >= 0.6 is 11.6 Å². The Morgan fingerprint density at radius 3 is 2.43 bits per heavy atom. The first kappa shape index (κ1) is 17.6. The molecule has 0 radical (unpaired) electrons. The first-order valence-corrected chi connectivity index (χ1v) is 8.56. The molecular formula is C14H18ClN3O4S. The molecule has 2 rings (SSSR count). The van der Waals surface area contributed by atoms with Crippen molar-refractivity contribution in [1.82, 2.24) is 14.5 Å². The quantitative estimate of drug-likeness (QED) is 0.851. The Kier molecular flexibility index (Phi) is 5.18. The highest BCUT2D eigenvalue weighted by Crippen LogP contribution is 2.28. The molecule has 1 aromatic carbocycles. The zero-order valence-corrected chi connectivity index (χ0v) is 14.8. The van der Waals surface area contributed by atoms with Gasteiger partial charge in [-0.2, -0.15) is 5.10 Å². The minimum Gasteiger partial charge on any atom is -0.493 e. The number of benzene rings is 1. The summed E-state index contributed by atoms with van der Waals surface area (Å²) in [6.07, 6.45) is 0. The lowest BCUT2D eigenvalue weighted by Crippen LogP contribution is -2.24. The summed E-state index contributed by atoms with van der Waals surface area (Å²) in [7, 11) is 0.868. The summed E-state index contributed by atoms with van der Waals surface area (Å²) in [6.45, 7) is 1.68. The summed E-state index contributed by atoms with van der Waals surface area (Å²) in [5.74, 6) is 1.10. The molecule has 1 heterocycles. The van der Waals surface area contributed by atoms with E-state index in [1.165, 1.54) is 18.9 Å². The molecule has 0 saturated heterocycles. The average Bonchev–Trinajstić information content (AvgIpc) is 2.78. The number of hydrogen-bond donors (Lipinski definition) is 1. The maximum Gasteiger partial charge on any atom is 0.245 e. The van der Waals surface area contributed by atoms with E-state index in [0.717, 1.165) is 5.56 Å². The molecule has 126 valence electrons. The highest BCUT2D eigenvalue weighted by molar-refractivity contribution is 7.89. The van der Waals surface area contributed by atoms with E-state index in [9.17, 15) is 8.42 Å². The van der Waals surface area contributed by atoms with E-state index < -0.39 is 10.0 Å². The molecule has 7 nitrogen and oxygen atoms in total. The molecule has 0 aliphatic carbocycles. The number of methoxy groups -OCH3 is 2. The van der Waals surface area contributed by atoms with Crippen LogP contribution in [-0.4, -0.2) is 32.4 Å². The Hall–Kier alpha value is -1.77. The zero-order chi connectivity index (χ0) is 17.2.